The lowest BCUT2D eigenvalue weighted by molar-refractivity contribution is -0.385. The summed E-state index contributed by atoms with van der Waals surface area (Å²) >= 11 is 0. The molecule has 7 heteroatoms. The first-order valence-corrected chi connectivity index (χ1v) is 9.43. The number of nitrogens with one attached hydrogen (secondary N) is 1. The minimum absolute atomic E-state index is 0.0472. The smallest absolute Gasteiger partial charge is 0.310 e. The number of ketones is 1. The molecule has 0 saturated heterocycles. The van der Waals surface area contributed by atoms with E-state index < -0.39 is 16.6 Å². The van der Waals surface area contributed by atoms with E-state index in [-0.39, 0.29) is 11.5 Å². The van der Waals surface area contributed by atoms with Gasteiger partial charge in [-0.15, -0.1) is 0 Å². The minimum atomic E-state index is -0.608. The zero-order valence-electron chi connectivity index (χ0n) is 15.4. The summed E-state index contributed by atoms with van der Waals surface area (Å²) in [5, 5.41) is 25.6. The first-order chi connectivity index (χ1) is 14.0. The van der Waals surface area contributed by atoms with Crippen molar-refractivity contribution < 1.29 is 14.8 Å². The normalized spacial score (nSPS) is 18.2. The van der Waals surface area contributed by atoms with Gasteiger partial charge in [0.1, 0.15) is 0 Å². The molecule has 0 radical (unpaired) electrons. The van der Waals surface area contributed by atoms with Gasteiger partial charge in [-0.25, -0.2) is 0 Å². The molecule has 144 valence electrons. The van der Waals surface area contributed by atoms with Gasteiger partial charge in [0.25, 0.3) is 0 Å². The molecule has 0 amide bonds. The van der Waals surface area contributed by atoms with E-state index >= 15 is 0 Å². The number of aromatic nitrogens is 1. The summed E-state index contributed by atoms with van der Waals surface area (Å²) < 4.78 is 0. The Bertz CT molecular complexity index is 1230. The van der Waals surface area contributed by atoms with Crippen molar-refractivity contribution in [3.8, 4) is 5.75 Å². The second-order valence-electron chi connectivity index (χ2n) is 7.33. The highest BCUT2D eigenvalue weighted by atomic mass is 16.6. The fourth-order valence-electron chi connectivity index (χ4n) is 4.43. The third-order valence-corrected chi connectivity index (χ3v) is 5.68. The number of hydrogen-bond acceptors (Lipinski definition) is 6. The van der Waals surface area contributed by atoms with Crippen molar-refractivity contribution in [2.24, 2.45) is 0 Å². The molecule has 2 aliphatic rings. The van der Waals surface area contributed by atoms with Crippen LogP contribution in [0.5, 0.6) is 5.75 Å². The van der Waals surface area contributed by atoms with Gasteiger partial charge in [0.2, 0.25) is 0 Å². The van der Waals surface area contributed by atoms with Crippen molar-refractivity contribution in [1.29, 1.82) is 0 Å². The van der Waals surface area contributed by atoms with Crippen LogP contribution in [0.15, 0.2) is 59.9 Å². The van der Waals surface area contributed by atoms with Crippen molar-refractivity contribution in [3.05, 3.63) is 81.2 Å². The van der Waals surface area contributed by atoms with Crippen LogP contribution in [0.25, 0.3) is 10.9 Å². The third-order valence-electron chi connectivity index (χ3n) is 5.68. The fourth-order valence-corrected chi connectivity index (χ4v) is 4.43. The highest BCUT2D eigenvalue weighted by Crippen LogP contribution is 2.48. The van der Waals surface area contributed by atoms with Gasteiger partial charge in [-0.05, 0) is 48.2 Å². The van der Waals surface area contributed by atoms with E-state index in [2.05, 4.69) is 10.3 Å². The van der Waals surface area contributed by atoms with Crippen LogP contribution in [0.1, 0.15) is 36.3 Å². The lowest BCUT2D eigenvalue weighted by Crippen LogP contribution is -2.27. The first-order valence-electron chi connectivity index (χ1n) is 9.43. The van der Waals surface area contributed by atoms with Crippen molar-refractivity contribution >= 4 is 28.1 Å². The summed E-state index contributed by atoms with van der Waals surface area (Å²) in [4.78, 5) is 28.2. The predicted octanol–water partition coefficient (Wildman–Crippen LogP) is 4.41. The maximum atomic E-state index is 12.9. The molecule has 1 aromatic heterocycles. The molecule has 0 bridgehead atoms. The number of nitrogens with zero attached hydrogens (tertiary/aromatic N) is 2. The molecule has 0 fully saturated rings. The Morgan fingerprint density at radius 2 is 2.03 bits per heavy atom. The number of benzene rings is 2. The zero-order chi connectivity index (χ0) is 20.1. The summed E-state index contributed by atoms with van der Waals surface area (Å²) in [5.41, 5.74) is 4.31. The molecule has 1 atom stereocenters. The number of phenols is 1. The maximum absolute atomic E-state index is 12.9. The van der Waals surface area contributed by atoms with Crippen LogP contribution in [0.4, 0.5) is 11.4 Å². The van der Waals surface area contributed by atoms with Gasteiger partial charge in [-0.2, -0.15) is 0 Å². The van der Waals surface area contributed by atoms with E-state index in [0.717, 1.165) is 40.7 Å². The number of nitro benzene ring substituents is 1. The van der Waals surface area contributed by atoms with E-state index in [4.69, 9.17) is 0 Å². The van der Waals surface area contributed by atoms with Crippen LogP contribution in [0.3, 0.4) is 0 Å². The van der Waals surface area contributed by atoms with Gasteiger partial charge in [0.05, 0.1) is 10.4 Å². The number of carbonyl (C=O) groups is 1. The summed E-state index contributed by atoms with van der Waals surface area (Å²) in [6.45, 7) is 0. The van der Waals surface area contributed by atoms with Crippen molar-refractivity contribution in [2.75, 3.05) is 5.32 Å². The molecule has 1 unspecified atom stereocenters. The third kappa shape index (κ3) is 2.66. The van der Waals surface area contributed by atoms with Gasteiger partial charge in [0, 0.05) is 46.9 Å². The lowest BCUT2D eigenvalue weighted by atomic mass is 9.74. The second kappa shape index (κ2) is 6.41. The average Bonchev–Trinajstić information content (AvgIpc) is 2.72. The molecule has 5 rings (SSSR count). The number of anilines is 1. The van der Waals surface area contributed by atoms with Crippen LogP contribution in [0.2, 0.25) is 0 Å². The van der Waals surface area contributed by atoms with Gasteiger partial charge >= 0.3 is 5.69 Å². The summed E-state index contributed by atoms with van der Waals surface area (Å²) in [6.07, 6.45) is 3.69. The number of allylic oxidation sites excluding steroid dienone is 2. The molecule has 1 aliphatic carbocycles. The Morgan fingerprint density at radius 1 is 1.17 bits per heavy atom. The zero-order valence-corrected chi connectivity index (χ0v) is 15.4. The maximum Gasteiger partial charge on any atom is 0.310 e. The highest BCUT2D eigenvalue weighted by Gasteiger charge is 2.37. The lowest BCUT2D eigenvalue weighted by Gasteiger charge is -2.34. The molecule has 0 spiro atoms. The largest absolute Gasteiger partial charge is 0.502 e. The number of nitro groups is 1. The number of phenolic OH excluding ortho intramolecular Hbond substituents is 1. The standard InChI is InChI=1S/C22H17N3O4/c26-18-9-6-12(11-17(18)25(28)29)20-21-13-3-2-10-23-14(13)7-8-16(21)24-15-4-1-5-19(27)22(15)20/h2-3,6-11,20,24,26H,1,4-5H2. The van der Waals surface area contributed by atoms with Crippen LogP contribution in [-0.4, -0.2) is 20.8 Å². The van der Waals surface area contributed by atoms with Gasteiger partial charge in [-0.3, -0.25) is 19.9 Å². The number of aromatic hydroxyl groups is 1. The summed E-state index contributed by atoms with van der Waals surface area (Å²) in [7, 11) is 0. The van der Waals surface area contributed by atoms with Crippen molar-refractivity contribution in [2.45, 2.75) is 25.2 Å². The number of fused-ring (bicyclic) bond motifs is 3. The molecular weight excluding hydrogens is 370 g/mol. The van der Waals surface area contributed by atoms with Gasteiger partial charge in [0.15, 0.2) is 11.5 Å². The van der Waals surface area contributed by atoms with Gasteiger partial charge < -0.3 is 10.4 Å². The van der Waals surface area contributed by atoms with E-state index in [1.165, 1.54) is 12.1 Å². The van der Waals surface area contributed by atoms with Crippen LogP contribution >= 0.6 is 0 Å². The van der Waals surface area contributed by atoms with Crippen molar-refractivity contribution in [1.82, 2.24) is 4.98 Å². The number of Topliss-reactive ketones (excluding diaryl/α,β-unsaturated/α-hetero) is 1. The molecule has 7 nitrogen and oxygen atoms in total. The van der Waals surface area contributed by atoms with Crippen LogP contribution < -0.4 is 5.32 Å². The fraction of sp³-hybridized carbons (Fsp3) is 0.182. The minimum Gasteiger partial charge on any atom is -0.502 e. The number of pyridine rings is 1. The topological polar surface area (TPSA) is 105 Å². The van der Waals surface area contributed by atoms with Gasteiger partial charge in [-0.1, -0.05) is 12.1 Å². The summed E-state index contributed by atoms with van der Waals surface area (Å²) in [5.74, 6) is -0.802. The SMILES string of the molecule is O=C1CCCC2=C1C(c1ccc(O)c([N+](=O)[O-])c1)c1c(ccc3ncccc13)N2. The van der Waals surface area contributed by atoms with Crippen molar-refractivity contribution in [3.63, 3.8) is 0 Å². The Morgan fingerprint density at radius 3 is 2.86 bits per heavy atom. The predicted molar refractivity (Wildman–Crippen MR) is 108 cm³/mol. The molecular formula is C22H17N3O4. The molecule has 29 heavy (non-hydrogen) atoms. The number of rotatable bonds is 2. The van der Waals surface area contributed by atoms with E-state index in [1.807, 2.05) is 24.3 Å². The molecule has 3 aromatic rings. The second-order valence-corrected chi connectivity index (χ2v) is 7.33. The summed E-state index contributed by atoms with van der Waals surface area (Å²) in [6, 6.07) is 12.0. The number of carbonyl (C=O) groups excluding carboxylic acids is 1. The van der Waals surface area contributed by atoms with E-state index in [0.29, 0.717) is 17.6 Å². The number of hydrogen-bond donors (Lipinski definition) is 2. The Labute approximate surface area is 165 Å². The van der Waals surface area contributed by atoms with E-state index in [9.17, 15) is 20.0 Å². The molecule has 0 saturated carbocycles. The molecule has 1 aliphatic heterocycles. The Kier molecular flexibility index (Phi) is 3.84. The monoisotopic (exact) mass is 387 g/mol. The van der Waals surface area contributed by atoms with Crippen LogP contribution in [0, 0.1) is 10.1 Å². The highest BCUT2D eigenvalue weighted by molar-refractivity contribution is 6.03. The Hall–Kier alpha value is -3.74. The molecule has 2 N–H and O–H groups in total. The van der Waals surface area contributed by atoms with E-state index in [1.54, 1.807) is 12.3 Å². The molecule has 2 heterocycles. The van der Waals surface area contributed by atoms with Crippen LogP contribution in [-0.2, 0) is 4.79 Å². The average molecular weight is 387 g/mol. The molecule has 2 aromatic carbocycles. The first kappa shape index (κ1) is 17.4. The quantitative estimate of drug-likeness (QED) is 0.498. The Balaban J connectivity index is 1.83.